The van der Waals surface area contributed by atoms with Crippen LogP contribution in [0.1, 0.15) is 12.5 Å². The third-order valence-corrected chi connectivity index (χ3v) is 2.63. The van der Waals surface area contributed by atoms with Gasteiger partial charge in [0.25, 0.3) is 0 Å². The summed E-state index contributed by atoms with van der Waals surface area (Å²) in [5.74, 6) is -0.222. The van der Waals surface area contributed by atoms with E-state index in [1.807, 2.05) is 0 Å². The fraction of sp³-hybridized carbons (Fsp3) is 0.462. The first-order chi connectivity index (χ1) is 8.62. The number of methoxy groups -OCH3 is 1. The Morgan fingerprint density at radius 3 is 2.78 bits per heavy atom. The van der Waals surface area contributed by atoms with Crippen molar-refractivity contribution < 1.29 is 19.4 Å². The lowest BCUT2D eigenvalue weighted by Gasteiger charge is -2.14. The van der Waals surface area contributed by atoms with E-state index in [0.717, 1.165) is 5.56 Å². The molecule has 0 fully saturated rings. The molecule has 1 aromatic rings. The minimum absolute atomic E-state index is 0.0710. The third-order valence-electron chi connectivity index (χ3n) is 2.63. The predicted octanol–water partition coefficient (Wildman–Crippen LogP) is 1.08. The lowest BCUT2D eigenvalue weighted by molar-refractivity contribution is -0.147. The van der Waals surface area contributed by atoms with Crippen molar-refractivity contribution in [3.8, 4) is 11.5 Å². The maximum atomic E-state index is 11.6. The number of hydrogen-bond acceptors (Lipinski definition) is 5. The van der Waals surface area contributed by atoms with Crippen molar-refractivity contribution >= 4 is 5.97 Å². The Labute approximate surface area is 107 Å². The minimum Gasteiger partial charge on any atom is -0.504 e. The first-order valence-corrected chi connectivity index (χ1v) is 5.85. The summed E-state index contributed by atoms with van der Waals surface area (Å²) in [6.45, 7) is 2.32. The Morgan fingerprint density at radius 2 is 2.22 bits per heavy atom. The van der Waals surface area contributed by atoms with Gasteiger partial charge in [0.2, 0.25) is 0 Å². The summed E-state index contributed by atoms with van der Waals surface area (Å²) < 4.78 is 9.96. The molecule has 0 saturated heterocycles. The first kappa shape index (κ1) is 14.3. The van der Waals surface area contributed by atoms with Gasteiger partial charge < -0.3 is 20.3 Å². The van der Waals surface area contributed by atoms with Gasteiger partial charge in [-0.2, -0.15) is 0 Å². The zero-order valence-electron chi connectivity index (χ0n) is 10.7. The Kier molecular flexibility index (Phi) is 5.45. The van der Waals surface area contributed by atoms with E-state index >= 15 is 0 Å². The summed E-state index contributed by atoms with van der Waals surface area (Å²) in [5.41, 5.74) is 6.44. The number of aromatic hydroxyl groups is 1. The number of nitrogens with two attached hydrogens (primary N) is 1. The molecule has 1 aromatic carbocycles. The topological polar surface area (TPSA) is 81.8 Å². The molecule has 100 valence electrons. The van der Waals surface area contributed by atoms with Gasteiger partial charge in [0.1, 0.15) is 0 Å². The maximum absolute atomic E-state index is 11.6. The summed E-state index contributed by atoms with van der Waals surface area (Å²) >= 11 is 0. The van der Waals surface area contributed by atoms with Crippen LogP contribution in [0.25, 0.3) is 0 Å². The average molecular weight is 253 g/mol. The van der Waals surface area contributed by atoms with Gasteiger partial charge in [-0.15, -0.1) is 0 Å². The molecule has 0 aliphatic heterocycles. The van der Waals surface area contributed by atoms with Crippen LogP contribution >= 0.6 is 0 Å². The molecule has 0 spiro atoms. The number of ether oxygens (including phenoxy) is 2. The van der Waals surface area contributed by atoms with Crippen LogP contribution in [0.4, 0.5) is 0 Å². The van der Waals surface area contributed by atoms with Gasteiger partial charge in [0.05, 0.1) is 19.6 Å². The van der Waals surface area contributed by atoms with Gasteiger partial charge in [-0.3, -0.25) is 4.79 Å². The van der Waals surface area contributed by atoms with Gasteiger partial charge in [0, 0.05) is 6.54 Å². The summed E-state index contributed by atoms with van der Waals surface area (Å²) in [6, 6.07) is 4.96. The molecule has 1 atom stereocenters. The Bertz CT molecular complexity index is 406. The van der Waals surface area contributed by atoms with Crippen molar-refractivity contribution in [2.24, 2.45) is 11.7 Å². The fourth-order valence-corrected chi connectivity index (χ4v) is 1.66. The lowest BCUT2D eigenvalue weighted by atomic mass is 9.99. The smallest absolute Gasteiger partial charge is 0.310 e. The van der Waals surface area contributed by atoms with E-state index in [1.165, 1.54) is 13.2 Å². The van der Waals surface area contributed by atoms with Crippen LogP contribution in [0.5, 0.6) is 11.5 Å². The predicted molar refractivity (Wildman–Crippen MR) is 67.5 cm³/mol. The van der Waals surface area contributed by atoms with E-state index < -0.39 is 0 Å². The number of phenolic OH excluding ortho intramolecular Hbond substituents is 1. The van der Waals surface area contributed by atoms with Crippen molar-refractivity contribution in [3.05, 3.63) is 23.8 Å². The molecular weight excluding hydrogens is 234 g/mol. The van der Waals surface area contributed by atoms with Crippen molar-refractivity contribution in [1.82, 2.24) is 0 Å². The molecule has 5 heteroatoms. The van der Waals surface area contributed by atoms with Crippen LogP contribution in [-0.4, -0.2) is 31.3 Å². The van der Waals surface area contributed by atoms with Crippen LogP contribution in [0.15, 0.2) is 18.2 Å². The minimum atomic E-state index is -0.376. The summed E-state index contributed by atoms with van der Waals surface area (Å²) in [5, 5.41) is 9.48. The van der Waals surface area contributed by atoms with E-state index in [2.05, 4.69) is 0 Å². The molecule has 1 unspecified atom stereocenters. The zero-order chi connectivity index (χ0) is 13.5. The highest BCUT2D eigenvalue weighted by Gasteiger charge is 2.19. The van der Waals surface area contributed by atoms with E-state index in [9.17, 15) is 9.90 Å². The van der Waals surface area contributed by atoms with Gasteiger partial charge in [0.15, 0.2) is 11.5 Å². The highest BCUT2D eigenvalue weighted by molar-refractivity contribution is 5.73. The number of carbonyl (C=O) groups excluding carboxylic acids is 1. The second-order valence-electron chi connectivity index (χ2n) is 3.89. The van der Waals surface area contributed by atoms with Crippen LogP contribution in [0, 0.1) is 5.92 Å². The highest BCUT2D eigenvalue weighted by atomic mass is 16.5. The van der Waals surface area contributed by atoms with Gasteiger partial charge in [-0.25, -0.2) is 0 Å². The fourth-order valence-electron chi connectivity index (χ4n) is 1.66. The molecule has 3 N–H and O–H groups in total. The number of phenols is 1. The first-order valence-electron chi connectivity index (χ1n) is 5.85. The molecule has 5 nitrogen and oxygen atoms in total. The van der Waals surface area contributed by atoms with Gasteiger partial charge >= 0.3 is 5.97 Å². The Balaban J connectivity index is 2.78. The van der Waals surface area contributed by atoms with E-state index in [-0.39, 0.29) is 24.2 Å². The molecule has 1 rings (SSSR count). The SMILES string of the molecule is CCOC(=O)C(CN)Cc1ccc(O)c(OC)c1. The third kappa shape index (κ3) is 3.63. The molecular formula is C13H19NO4. The summed E-state index contributed by atoms with van der Waals surface area (Å²) in [7, 11) is 1.48. The van der Waals surface area contributed by atoms with Crippen molar-refractivity contribution in [2.75, 3.05) is 20.3 Å². The second-order valence-corrected chi connectivity index (χ2v) is 3.89. The normalized spacial score (nSPS) is 11.9. The molecule has 0 aliphatic carbocycles. The summed E-state index contributed by atoms with van der Waals surface area (Å²) in [4.78, 5) is 11.6. The molecule has 18 heavy (non-hydrogen) atoms. The number of carbonyl (C=O) groups is 1. The van der Waals surface area contributed by atoms with Crippen molar-refractivity contribution in [1.29, 1.82) is 0 Å². The zero-order valence-corrected chi connectivity index (χ0v) is 10.7. The van der Waals surface area contributed by atoms with Crippen LogP contribution in [0.3, 0.4) is 0 Å². The molecule has 0 radical (unpaired) electrons. The van der Waals surface area contributed by atoms with E-state index in [1.54, 1.807) is 19.1 Å². The number of hydrogen-bond donors (Lipinski definition) is 2. The molecule has 0 aromatic heterocycles. The van der Waals surface area contributed by atoms with Crippen LogP contribution in [-0.2, 0) is 16.0 Å². The maximum Gasteiger partial charge on any atom is 0.310 e. The monoisotopic (exact) mass is 253 g/mol. The summed E-state index contributed by atoms with van der Waals surface area (Å²) in [6.07, 6.45) is 0.464. The Morgan fingerprint density at radius 1 is 1.50 bits per heavy atom. The average Bonchev–Trinajstić information content (AvgIpc) is 2.37. The molecule has 0 bridgehead atoms. The van der Waals surface area contributed by atoms with E-state index in [0.29, 0.717) is 18.8 Å². The number of benzene rings is 1. The largest absolute Gasteiger partial charge is 0.504 e. The van der Waals surface area contributed by atoms with Crippen LogP contribution in [0.2, 0.25) is 0 Å². The Hall–Kier alpha value is -1.75. The highest BCUT2D eigenvalue weighted by Crippen LogP contribution is 2.27. The van der Waals surface area contributed by atoms with Crippen LogP contribution < -0.4 is 10.5 Å². The molecule has 0 amide bonds. The van der Waals surface area contributed by atoms with Crippen molar-refractivity contribution in [3.63, 3.8) is 0 Å². The standard InChI is InChI=1S/C13H19NO4/c1-3-18-13(16)10(8-14)6-9-4-5-11(15)12(7-9)17-2/h4-5,7,10,15H,3,6,8,14H2,1-2H3. The van der Waals surface area contributed by atoms with Gasteiger partial charge in [-0.1, -0.05) is 6.07 Å². The van der Waals surface area contributed by atoms with Crippen molar-refractivity contribution in [2.45, 2.75) is 13.3 Å². The number of rotatable bonds is 6. The quantitative estimate of drug-likeness (QED) is 0.741. The molecule has 0 heterocycles. The lowest BCUT2D eigenvalue weighted by Crippen LogP contribution is -2.27. The van der Waals surface area contributed by atoms with E-state index in [4.69, 9.17) is 15.2 Å². The number of esters is 1. The second kappa shape index (κ2) is 6.86. The molecule has 0 aliphatic rings. The van der Waals surface area contributed by atoms with Gasteiger partial charge in [-0.05, 0) is 31.0 Å². The molecule has 0 saturated carbocycles.